The van der Waals surface area contributed by atoms with Crippen LogP contribution in [0.25, 0.3) is 12.2 Å². The predicted octanol–water partition coefficient (Wildman–Crippen LogP) is 5.21. The van der Waals surface area contributed by atoms with Crippen molar-refractivity contribution in [2.45, 2.75) is 3.79 Å². The second-order valence-corrected chi connectivity index (χ2v) is 6.87. The third kappa shape index (κ3) is 2.67. The highest BCUT2D eigenvalue weighted by Crippen LogP contribution is 2.40. The maximum atomic E-state index is 12.6. The van der Waals surface area contributed by atoms with E-state index in [1.165, 1.54) is 4.90 Å². The van der Waals surface area contributed by atoms with Crippen molar-refractivity contribution in [1.82, 2.24) is 0 Å². The number of nitrogens with zero attached hydrogens (tertiary/aromatic N) is 1. The minimum atomic E-state index is -2.02. The van der Waals surface area contributed by atoms with Gasteiger partial charge in [0.25, 0.3) is 9.70 Å². The molecular formula is C16H10Cl3NO. The molecule has 1 aliphatic rings. The SMILES string of the molecule is O=C(N1c2ccccc2C=Cc2ccccc21)C(Cl)(Cl)Cl. The van der Waals surface area contributed by atoms with E-state index >= 15 is 0 Å². The summed E-state index contributed by atoms with van der Waals surface area (Å²) in [6.07, 6.45) is 3.89. The molecule has 1 aliphatic heterocycles. The van der Waals surface area contributed by atoms with Crippen LogP contribution in [0.5, 0.6) is 0 Å². The maximum absolute atomic E-state index is 12.6. The van der Waals surface area contributed by atoms with Gasteiger partial charge in [-0.15, -0.1) is 0 Å². The number of carbonyl (C=O) groups excluding carboxylic acids is 1. The van der Waals surface area contributed by atoms with E-state index in [9.17, 15) is 4.79 Å². The van der Waals surface area contributed by atoms with E-state index in [1.807, 2.05) is 60.7 Å². The molecule has 0 saturated heterocycles. The Kier molecular flexibility index (Phi) is 3.70. The van der Waals surface area contributed by atoms with Crippen LogP contribution in [-0.2, 0) is 4.79 Å². The Morgan fingerprint density at radius 1 is 0.810 bits per heavy atom. The third-order valence-electron chi connectivity index (χ3n) is 3.24. The van der Waals surface area contributed by atoms with Gasteiger partial charge in [-0.2, -0.15) is 0 Å². The number of para-hydroxylation sites is 2. The van der Waals surface area contributed by atoms with Crippen LogP contribution < -0.4 is 4.90 Å². The lowest BCUT2D eigenvalue weighted by Gasteiger charge is -2.27. The van der Waals surface area contributed by atoms with Gasteiger partial charge in [0, 0.05) is 0 Å². The zero-order valence-corrected chi connectivity index (χ0v) is 13.0. The molecular weight excluding hydrogens is 329 g/mol. The van der Waals surface area contributed by atoms with Crippen molar-refractivity contribution >= 4 is 64.2 Å². The van der Waals surface area contributed by atoms with E-state index in [1.54, 1.807) is 0 Å². The van der Waals surface area contributed by atoms with Crippen molar-refractivity contribution in [1.29, 1.82) is 0 Å². The van der Waals surface area contributed by atoms with Crippen LogP contribution in [0.15, 0.2) is 48.5 Å². The van der Waals surface area contributed by atoms with Gasteiger partial charge in [0.05, 0.1) is 11.4 Å². The molecule has 2 nitrogen and oxygen atoms in total. The number of hydrogen-bond donors (Lipinski definition) is 0. The highest BCUT2D eigenvalue weighted by Gasteiger charge is 2.38. The van der Waals surface area contributed by atoms with Gasteiger partial charge in [0.1, 0.15) is 0 Å². The third-order valence-corrected chi connectivity index (χ3v) is 3.73. The summed E-state index contributed by atoms with van der Waals surface area (Å²) in [5, 5.41) is 0. The Hall–Kier alpha value is -1.48. The lowest BCUT2D eigenvalue weighted by molar-refractivity contribution is -0.117. The fourth-order valence-electron chi connectivity index (χ4n) is 2.32. The molecule has 21 heavy (non-hydrogen) atoms. The first kappa shape index (κ1) is 14.5. The Bertz CT molecular complexity index is 685. The minimum absolute atomic E-state index is 0.601. The Labute approximate surface area is 137 Å². The molecule has 3 rings (SSSR count). The summed E-state index contributed by atoms with van der Waals surface area (Å²) < 4.78 is -2.02. The van der Waals surface area contributed by atoms with E-state index in [2.05, 4.69) is 0 Å². The first-order valence-electron chi connectivity index (χ1n) is 6.26. The molecule has 0 bridgehead atoms. The Balaban J connectivity index is 2.27. The van der Waals surface area contributed by atoms with E-state index in [0.29, 0.717) is 11.4 Å². The summed E-state index contributed by atoms with van der Waals surface area (Å²) in [6, 6.07) is 15.0. The van der Waals surface area contributed by atoms with Crippen molar-refractivity contribution in [3.63, 3.8) is 0 Å². The van der Waals surface area contributed by atoms with Crippen LogP contribution in [0.3, 0.4) is 0 Å². The lowest BCUT2D eigenvalue weighted by Crippen LogP contribution is -2.36. The molecule has 0 aromatic heterocycles. The number of anilines is 2. The van der Waals surface area contributed by atoms with E-state index in [0.717, 1.165) is 11.1 Å². The van der Waals surface area contributed by atoms with Crippen LogP contribution in [0.4, 0.5) is 11.4 Å². The fourth-order valence-corrected chi connectivity index (χ4v) is 2.57. The topological polar surface area (TPSA) is 20.3 Å². The second kappa shape index (κ2) is 5.38. The highest BCUT2D eigenvalue weighted by atomic mass is 35.6. The number of alkyl halides is 3. The average molecular weight is 339 g/mol. The lowest BCUT2D eigenvalue weighted by atomic mass is 10.1. The molecule has 0 aliphatic carbocycles. The summed E-state index contributed by atoms with van der Waals surface area (Å²) >= 11 is 17.5. The normalized spacial score (nSPS) is 13.4. The van der Waals surface area contributed by atoms with Gasteiger partial charge in [-0.3, -0.25) is 9.69 Å². The smallest absolute Gasteiger partial charge is 0.276 e. The Morgan fingerprint density at radius 3 is 1.67 bits per heavy atom. The first-order chi connectivity index (χ1) is 9.98. The number of halogens is 3. The Morgan fingerprint density at radius 2 is 1.24 bits per heavy atom. The zero-order chi connectivity index (χ0) is 15.0. The van der Waals surface area contributed by atoms with Crippen molar-refractivity contribution in [3.8, 4) is 0 Å². The number of fused-ring (bicyclic) bond motifs is 2. The molecule has 0 saturated carbocycles. The van der Waals surface area contributed by atoms with Crippen LogP contribution in [0.1, 0.15) is 11.1 Å². The molecule has 0 atom stereocenters. The number of hydrogen-bond acceptors (Lipinski definition) is 1. The number of rotatable bonds is 0. The summed E-state index contributed by atoms with van der Waals surface area (Å²) in [5.74, 6) is -0.601. The number of amides is 1. The van der Waals surface area contributed by atoms with Gasteiger partial charge in [0.15, 0.2) is 0 Å². The number of benzene rings is 2. The van der Waals surface area contributed by atoms with Crippen molar-refractivity contribution < 1.29 is 4.79 Å². The molecule has 0 spiro atoms. The van der Waals surface area contributed by atoms with Crippen LogP contribution in [0, 0.1) is 0 Å². The second-order valence-electron chi connectivity index (χ2n) is 4.59. The molecule has 106 valence electrons. The molecule has 1 heterocycles. The maximum Gasteiger partial charge on any atom is 0.283 e. The van der Waals surface area contributed by atoms with Crippen molar-refractivity contribution in [2.24, 2.45) is 0 Å². The quantitative estimate of drug-likeness (QED) is 0.604. The predicted molar refractivity (Wildman–Crippen MR) is 89.2 cm³/mol. The summed E-state index contributed by atoms with van der Waals surface area (Å²) in [7, 11) is 0. The monoisotopic (exact) mass is 337 g/mol. The molecule has 0 unspecified atom stereocenters. The first-order valence-corrected chi connectivity index (χ1v) is 7.39. The van der Waals surface area contributed by atoms with Gasteiger partial charge in [0.2, 0.25) is 0 Å². The van der Waals surface area contributed by atoms with E-state index in [4.69, 9.17) is 34.8 Å². The standard InChI is InChI=1S/C16H10Cl3NO/c17-16(18,19)15(21)20-13-7-3-1-5-11(13)9-10-12-6-2-4-8-14(12)20/h1-10H. The van der Waals surface area contributed by atoms with Crippen LogP contribution in [-0.4, -0.2) is 9.70 Å². The fraction of sp³-hybridized carbons (Fsp3) is 0.0625. The van der Waals surface area contributed by atoms with Crippen LogP contribution in [0.2, 0.25) is 0 Å². The van der Waals surface area contributed by atoms with E-state index < -0.39 is 9.70 Å². The molecule has 0 radical (unpaired) electrons. The molecule has 0 N–H and O–H groups in total. The molecule has 0 fully saturated rings. The molecule has 2 aromatic carbocycles. The highest BCUT2D eigenvalue weighted by molar-refractivity contribution is 6.77. The summed E-state index contributed by atoms with van der Waals surface area (Å²) in [5.41, 5.74) is 3.15. The minimum Gasteiger partial charge on any atom is -0.276 e. The molecule has 5 heteroatoms. The number of carbonyl (C=O) groups is 1. The zero-order valence-electron chi connectivity index (χ0n) is 10.8. The van der Waals surface area contributed by atoms with Gasteiger partial charge < -0.3 is 0 Å². The van der Waals surface area contributed by atoms with Crippen molar-refractivity contribution in [2.75, 3.05) is 4.90 Å². The largest absolute Gasteiger partial charge is 0.283 e. The molecule has 1 amide bonds. The van der Waals surface area contributed by atoms with Crippen molar-refractivity contribution in [3.05, 3.63) is 59.7 Å². The summed E-state index contributed by atoms with van der Waals surface area (Å²) in [4.78, 5) is 14.1. The van der Waals surface area contributed by atoms with Gasteiger partial charge in [-0.1, -0.05) is 83.4 Å². The van der Waals surface area contributed by atoms with E-state index in [-0.39, 0.29) is 0 Å². The van der Waals surface area contributed by atoms with Crippen LogP contribution >= 0.6 is 34.8 Å². The average Bonchev–Trinajstić information content (AvgIpc) is 2.62. The van der Waals surface area contributed by atoms with Gasteiger partial charge >= 0.3 is 0 Å². The van der Waals surface area contributed by atoms with Gasteiger partial charge in [-0.25, -0.2) is 0 Å². The van der Waals surface area contributed by atoms with Gasteiger partial charge in [-0.05, 0) is 23.3 Å². The summed E-state index contributed by atoms with van der Waals surface area (Å²) in [6.45, 7) is 0. The molecule has 2 aromatic rings.